The summed E-state index contributed by atoms with van der Waals surface area (Å²) >= 11 is 0. The number of para-hydroxylation sites is 1. The van der Waals surface area contributed by atoms with Gasteiger partial charge in [0.1, 0.15) is 0 Å². The minimum atomic E-state index is -0.111. The van der Waals surface area contributed by atoms with Crippen molar-refractivity contribution in [1.29, 1.82) is 0 Å². The Labute approximate surface area is 328 Å². The van der Waals surface area contributed by atoms with Crippen LogP contribution in [0.5, 0.6) is 0 Å². The summed E-state index contributed by atoms with van der Waals surface area (Å²) in [6.07, 6.45) is 0. The maximum Gasteiger partial charge on any atom is 0.0547 e. The Balaban J connectivity index is 1.12. The van der Waals surface area contributed by atoms with Crippen LogP contribution >= 0.6 is 0 Å². The van der Waals surface area contributed by atoms with Gasteiger partial charge >= 0.3 is 0 Å². The van der Waals surface area contributed by atoms with Crippen LogP contribution in [0.1, 0.15) is 49.9 Å². The number of rotatable bonds is 5. The molecule has 2 aliphatic rings. The summed E-state index contributed by atoms with van der Waals surface area (Å²) in [6.45, 7) is 9.47. The second-order valence-corrected chi connectivity index (χ2v) is 16.5. The minimum Gasteiger partial charge on any atom is -0.310 e. The predicted octanol–water partition coefficient (Wildman–Crippen LogP) is 14.5. The lowest BCUT2D eigenvalue weighted by molar-refractivity contribution is 0.660. The molecule has 0 unspecified atom stereocenters. The lowest BCUT2D eigenvalue weighted by atomic mass is 9.82. The van der Waals surface area contributed by atoms with Crippen LogP contribution < -0.4 is 4.90 Å². The molecule has 9 aromatic rings. The lowest BCUT2D eigenvalue weighted by Crippen LogP contribution is -2.17. The number of hydrogen-bond acceptors (Lipinski definition) is 1. The third kappa shape index (κ3) is 4.56. The van der Waals surface area contributed by atoms with Gasteiger partial charge in [0.15, 0.2) is 0 Å². The summed E-state index contributed by atoms with van der Waals surface area (Å²) < 4.78 is 2.43. The second-order valence-electron chi connectivity index (χ2n) is 16.5. The van der Waals surface area contributed by atoms with E-state index in [-0.39, 0.29) is 10.8 Å². The average molecular weight is 719 g/mol. The van der Waals surface area contributed by atoms with Gasteiger partial charge in [-0.05, 0) is 105 Å². The quantitative estimate of drug-likeness (QED) is 0.172. The van der Waals surface area contributed by atoms with Crippen LogP contribution in [-0.2, 0) is 10.8 Å². The maximum absolute atomic E-state index is 2.50. The van der Waals surface area contributed by atoms with Crippen LogP contribution in [0.2, 0.25) is 0 Å². The first kappa shape index (κ1) is 32.8. The Morgan fingerprint density at radius 2 is 0.982 bits per heavy atom. The highest BCUT2D eigenvalue weighted by Crippen LogP contribution is 2.55. The first-order chi connectivity index (χ1) is 27.3. The van der Waals surface area contributed by atoms with Crippen molar-refractivity contribution >= 4 is 38.9 Å². The van der Waals surface area contributed by atoms with Crippen LogP contribution in [0.25, 0.3) is 60.9 Å². The van der Waals surface area contributed by atoms with E-state index in [1.165, 1.54) is 83.1 Å². The van der Waals surface area contributed by atoms with E-state index in [2.05, 4.69) is 219 Å². The SMILES string of the molecule is CC1(C)c2ccccc2-c2ccc(N(c3ccc(-n4c5ccccc5c5c(-c6ccccc6)cccc54)cc3)c3cccc4c3-c3ccccc3C4(C)C)cc21. The van der Waals surface area contributed by atoms with Crippen molar-refractivity contribution in [3.63, 3.8) is 0 Å². The Hall–Kier alpha value is -6.64. The number of fused-ring (bicyclic) bond motifs is 9. The predicted molar refractivity (Wildman–Crippen MR) is 236 cm³/mol. The minimum absolute atomic E-state index is 0.103. The van der Waals surface area contributed by atoms with Gasteiger partial charge in [-0.15, -0.1) is 0 Å². The summed E-state index contributed by atoms with van der Waals surface area (Å²) in [7, 11) is 0. The van der Waals surface area contributed by atoms with Crippen LogP contribution in [-0.4, -0.2) is 4.57 Å². The highest BCUT2D eigenvalue weighted by molar-refractivity contribution is 6.15. The standard InChI is InChI=1S/C54H42N2/c1-53(2)45-23-12-9-19-42(45)52-46(53)24-15-27-50(52)55(38-32-33-41-40-18-8-11-22-44(40)54(3,4)47(41)34-38)36-28-30-37(31-29-36)56-48-25-13-10-20-43(48)51-39(21-14-26-49(51)56)35-16-6-5-7-17-35/h5-34H,1-4H3. The van der Waals surface area contributed by atoms with Gasteiger partial charge in [-0.2, -0.15) is 0 Å². The largest absolute Gasteiger partial charge is 0.310 e. The molecule has 1 aromatic heterocycles. The van der Waals surface area contributed by atoms with Crippen molar-refractivity contribution in [3.05, 3.63) is 204 Å². The van der Waals surface area contributed by atoms with E-state index in [4.69, 9.17) is 0 Å². The maximum atomic E-state index is 2.50. The molecule has 11 rings (SSSR count). The van der Waals surface area contributed by atoms with E-state index in [1.807, 2.05) is 0 Å². The topological polar surface area (TPSA) is 8.17 Å². The number of aromatic nitrogens is 1. The summed E-state index contributed by atoms with van der Waals surface area (Å²) in [5.41, 5.74) is 20.1. The lowest BCUT2D eigenvalue weighted by Gasteiger charge is -2.30. The van der Waals surface area contributed by atoms with E-state index in [9.17, 15) is 0 Å². The van der Waals surface area contributed by atoms with E-state index < -0.39 is 0 Å². The van der Waals surface area contributed by atoms with Gasteiger partial charge in [-0.3, -0.25) is 0 Å². The molecule has 0 saturated heterocycles. The molecular formula is C54H42N2. The highest BCUT2D eigenvalue weighted by Gasteiger charge is 2.39. The van der Waals surface area contributed by atoms with Gasteiger partial charge in [0.25, 0.3) is 0 Å². The number of nitrogens with zero attached hydrogens (tertiary/aromatic N) is 2. The molecule has 0 atom stereocenters. The smallest absolute Gasteiger partial charge is 0.0547 e. The van der Waals surface area contributed by atoms with E-state index in [0.29, 0.717) is 0 Å². The molecular weight excluding hydrogens is 677 g/mol. The van der Waals surface area contributed by atoms with E-state index in [0.717, 1.165) is 17.1 Å². The number of benzene rings is 8. The summed E-state index contributed by atoms with van der Waals surface area (Å²) in [4.78, 5) is 2.50. The third-order valence-corrected chi connectivity index (χ3v) is 12.8. The second kappa shape index (κ2) is 11.9. The monoisotopic (exact) mass is 718 g/mol. The molecule has 2 heteroatoms. The van der Waals surface area contributed by atoms with Crippen molar-refractivity contribution in [2.75, 3.05) is 4.90 Å². The number of hydrogen-bond donors (Lipinski definition) is 0. The summed E-state index contributed by atoms with van der Waals surface area (Å²) in [5, 5.41) is 2.54. The zero-order chi connectivity index (χ0) is 37.8. The average Bonchev–Trinajstić information content (AvgIpc) is 3.79. The zero-order valence-electron chi connectivity index (χ0n) is 32.2. The van der Waals surface area contributed by atoms with Crippen LogP contribution in [0.4, 0.5) is 17.1 Å². The van der Waals surface area contributed by atoms with Crippen molar-refractivity contribution in [2.24, 2.45) is 0 Å². The first-order valence-electron chi connectivity index (χ1n) is 19.8. The molecule has 0 saturated carbocycles. The van der Waals surface area contributed by atoms with Gasteiger partial charge in [0, 0.05) is 44.2 Å². The molecule has 0 bridgehead atoms. The molecule has 0 radical (unpaired) electrons. The van der Waals surface area contributed by atoms with Gasteiger partial charge in [0.05, 0.1) is 16.7 Å². The first-order valence-corrected chi connectivity index (χ1v) is 19.8. The molecule has 2 aliphatic carbocycles. The third-order valence-electron chi connectivity index (χ3n) is 12.8. The summed E-state index contributed by atoms with van der Waals surface area (Å²) in [6, 6.07) is 67.4. The highest BCUT2D eigenvalue weighted by atomic mass is 15.1. The van der Waals surface area contributed by atoms with Crippen LogP contribution in [0.15, 0.2) is 182 Å². The molecule has 8 aromatic carbocycles. The van der Waals surface area contributed by atoms with Gasteiger partial charge in [-0.25, -0.2) is 0 Å². The van der Waals surface area contributed by atoms with Crippen molar-refractivity contribution in [1.82, 2.24) is 4.57 Å². The molecule has 0 amide bonds. The zero-order valence-corrected chi connectivity index (χ0v) is 32.2. The van der Waals surface area contributed by atoms with Crippen molar-refractivity contribution in [2.45, 2.75) is 38.5 Å². The molecule has 2 nitrogen and oxygen atoms in total. The van der Waals surface area contributed by atoms with Gasteiger partial charge in [-0.1, -0.05) is 155 Å². The van der Waals surface area contributed by atoms with E-state index in [1.54, 1.807) is 0 Å². The molecule has 1 heterocycles. The molecule has 0 aliphatic heterocycles. The molecule has 0 fully saturated rings. The van der Waals surface area contributed by atoms with Gasteiger partial charge < -0.3 is 9.47 Å². The van der Waals surface area contributed by atoms with Crippen molar-refractivity contribution < 1.29 is 0 Å². The van der Waals surface area contributed by atoms with Crippen molar-refractivity contribution in [3.8, 4) is 39.1 Å². The fourth-order valence-corrected chi connectivity index (χ4v) is 10.1. The summed E-state index contributed by atoms with van der Waals surface area (Å²) in [5.74, 6) is 0. The fraction of sp³-hybridized carbons (Fsp3) is 0.111. The Kier molecular flexibility index (Phi) is 6.98. The Morgan fingerprint density at radius 3 is 1.79 bits per heavy atom. The molecule has 268 valence electrons. The molecule has 0 N–H and O–H groups in total. The Bertz CT molecular complexity index is 3020. The normalized spacial score (nSPS) is 14.4. The Morgan fingerprint density at radius 1 is 0.411 bits per heavy atom. The van der Waals surface area contributed by atoms with E-state index >= 15 is 0 Å². The molecule has 56 heavy (non-hydrogen) atoms. The number of anilines is 3. The van der Waals surface area contributed by atoms with Crippen LogP contribution in [0.3, 0.4) is 0 Å². The fourth-order valence-electron chi connectivity index (χ4n) is 10.1. The molecule has 0 spiro atoms. The van der Waals surface area contributed by atoms with Crippen LogP contribution in [0, 0.1) is 0 Å². The van der Waals surface area contributed by atoms with Gasteiger partial charge in [0.2, 0.25) is 0 Å².